The van der Waals surface area contributed by atoms with E-state index in [1.54, 1.807) is 0 Å². The third-order valence-corrected chi connectivity index (χ3v) is 3.58. The summed E-state index contributed by atoms with van der Waals surface area (Å²) < 4.78 is 0. The van der Waals surface area contributed by atoms with E-state index >= 15 is 0 Å². The molecule has 1 fully saturated rings. The van der Waals surface area contributed by atoms with Crippen LogP contribution in [0.2, 0.25) is 0 Å². The molecule has 0 aromatic rings. The Morgan fingerprint density at radius 1 is 1.40 bits per heavy atom. The second kappa shape index (κ2) is 5.31. The highest BCUT2D eigenvalue weighted by Crippen LogP contribution is 2.30. The summed E-state index contributed by atoms with van der Waals surface area (Å²) in [6.07, 6.45) is 2.72. The van der Waals surface area contributed by atoms with Crippen LogP contribution in [-0.2, 0) is 0 Å². The van der Waals surface area contributed by atoms with Crippen LogP contribution in [0.15, 0.2) is 0 Å². The molecule has 1 heterocycles. The minimum atomic E-state index is 0.411. The molecular weight excluding hydrogens is 184 g/mol. The quantitative estimate of drug-likeness (QED) is 0.769. The fourth-order valence-electron chi connectivity index (χ4n) is 2.58. The van der Waals surface area contributed by atoms with Crippen LogP contribution in [0.4, 0.5) is 0 Å². The number of nitrogens with zero attached hydrogens (tertiary/aromatic N) is 1. The van der Waals surface area contributed by atoms with Crippen LogP contribution in [0.25, 0.3) is 0 Å². The summed E-state index contributed by atoms with van der Waals surface area (Å²) >= 11 is 0. The molecule has 1 N–H and O–H groups in total. The molecule has 0 aliphatic carbocycles. The lowest BCUT2D eigenvalue weighted by Crippen LogP contribution is -2.52. The van der Waals surface area contributed by atoms with Gasteiger partial charge in [0.15, 0.2) is 0 Å². The van der Waals surface area contributed by atoms with E-state index < -0.39 is 0 Å². The Morgan fingerprint density at radius 3 is 2.60 bits per heavy atom. The van der Waals surface area contributed by atoms with Gasteiger partial charge in [-0.2, -0.15) is 0 Å². The Bertz CT molecular complexity index is 187. The third kappa shape index (κ3) is 3.76. The van der Waals surface area contributed by atoms with Crippen molar-refractivity contribution in [3.05, 3.63) is 0 Å². The molecule has 1 aliphatic rings. The molecule has 0 aromatic carbocycles. The zero-order valence-electron chi connectivity index (χ0n) is 11.1. The highest BCUT2D eigenvalue weighted by Gasteiger charge is 2.33. The number of nitrogens with one attached hydrogen (secondary N) is 1. The monoisotopic (exact) mass is 212 g/mol. The zero-order valence-corrected chi connectivity index (χ0v) is 11.1. The average molecular weight is 212 g/mol. The lowest BCUT2D eigenvalue weighted by atomic mass is 9.84. The van der Waals surface area contributed by atoms with Crippen LogP contribution in [0.3, 0.4) is 0 Å². The second-order valence-electron chi connectivity index (χ2n) is 6.07. The van der Waals surface area contributed by atoms with Crippen molar-refractivity contribution in [2.24, 2.45) is 11.8 Å². The van der Waals surface area contributed by atoms with Crippen molar-refractivity contribution in [2.75, 3.05) is 26.7 Å². The largest absolute Gasteiger partial charge is 0.319 e. The van der Waals surface area contributed by atoms with Crippen LogP contribution >= 0.6 is 0 Å². The molecule has 0 amide bonds. The average Bonchev–Trinajstić information content (AvgIpc) is 2.11. The standard InChI is InChI=1S/C13H28N2/c1-11(2)9-15-10-12(8-14-5)6-7-13(15,3)4/h11-12,14H,6-10H2,1-5H3. The molecule has 1 unspecified atom stereocenters. The fourth-order valence-corrected chi connectivity index (χ4v) is 2.58. The van der Waals surface area contributed by atoms with Gasteiger partial charge in [-0.15, -0.1) is 0 Å². The molecule has 2 heteroatoms. The molecular formula is C13H28N2. The van der Waals surface area contributed by atoms with Gasteiger partial charge < -0.3 is 5.32 Å². The van der Waals surface area contributed by atoms with Gasteiger partial charge in [0.05, 0.1) is 0 Å². The summed E-state index contributed by atoms with van der Waals surface area (Å²) in [5, 5.41) is 3.31. The van der Waals surface area contributed by atoms with Gasteiger partial charge in [-0.25, -0.2) is 0 Å². The summed E-state index contributed by atoms with van der Waals surface area (Å²) in [4.78, 5) is 2.68. The minimum Gasteiger partial charge on any atom is -0.319 e. The first kappa shape index (κ1) is 13.0. The van der Waals surface area contributed by atoms with Crippen LogP contribution in [-0.4, -0.2) is 37.1 Å². The fraction of sp³-hybridized carbons (Fsp3) is 1.00. The van der Waals surface area contributed by atoms with Crippen molar-refractivity contribution >= 4 is 0 Å². The van der Waals surface area contributed by atoms with E-state index in [9.17, 15) is 0 Å². The molecule has 0 saturated carbocycles. The maximum absolute atomic E-state index is 3.31. The van der Waals surface area contributed by atoms with Crippen LogP contribution in [0.5, 0.6) is 0 Å². The van der Waals surface area contributed by atoms with Crippen LogP contribution < -0.4 is 5.32 Å². The van der Waals surface area contributed by atoms with E-state index in [4.69, 9.17) is 0 Å². The van der Waals surface area contributed by atoms with Gasteiger partial charge in [-0.3, -0.25) is 4.90 Å². The predicted molar refractivity (Wildman–Crippen MR) is 67.1 cm³/mol. The van der Waals surface area contributed by atoms with Crippen molar-refractivity contribution in [3.8, 4) is 0 Å². The molecule has 0 radical (unpaired) electrons. The second-order valence-corrected chi connectivity index (χ2v) is 6.07. The van der Waals surface area contributed by atoms with Gasteiger partial charge in [0, 0.05) is 18.6 Å². The van der Waals surface area contributed by atoms with Gasteiger partial charge in [0.1, 0.15) is 0 Å². The number of rotatable bonds is 4. The van der Waals surface area contributed by atoms with Gasteiger partial charge >= 0.3 is 0 Å². The number of likely N-dealkylation sites (tertiary alicyclic amines) is 1. The molecule has 0 bridgehead atoms. The Labute approximate surface area is 95.4 Å². The minimum absolute atomic E-state index is 0.411. The first-order valence-corrected chi connectivity index (χ1v) is 6.35. The first-order chi connectivity index (χ1) is 6.95. The Hall–Kier alpha value is -0.0800. The highest BCUT2D eigenvalue weighted by molar-refractivity contribution is 4.89. The zero-order chi connectivity index (χ0) is 11.5. The van der Waals surface area contributed by atoms with E-state index in [0.717, 1.165) is 11.8 Å². The molecule has 1 saturated heterocycles. The van der Waals surface area contributed by atoms with E-state index in [1.807, 2.05) is 0 Å². The SMILES string of the molecule is CNCC1CCC(C)(C)N(CC(C)C)C1. The molecule has 90 valence electrons. The van der Waals surface area contributed by atoms with Crippen molar-refractivity contribution < 1.29 is 0 Å². The maximum atomic E-state index is 3.31. The molecule has 2 nitrogen and oxygen atoms in total. The Kier molecular flexibility index (Phi) is 4.60. The van der Waals surface area contributed by atoms with Crippen LogP contribution in [0.1, 0.15) is 40.5 Å². The van der Waals surface area contributed by atoms with Gasteiger partial charge in [0.25, 0.3) is 0 Å². The van der Waals surface area contributed by atoms with Crippen molar-refractivity contribution in [3.63, 3.8) is 0 Å². The number of piperidine rings is 1. The molecule has 1 atom stereocenters. The van der Waals surface area contributed by atoms with Gasteiger partial charge in [0.2, 0.25) is 0 Å². The van der Waals surface area contributed by atoms with Crippen molar-refractivity contribution in [1.29, 1.82) is 0 Å². The summed E-state index contributed by atoms with van der Waals surface area (Å²) in [7, 11) is 2.06. The van der Waals surface area contributed by atoms with E-state index in [-0.39, 0.29) is 0 Å². The Morgan fingerprint density at radius 2 is 2.07 bits per heavy atom. The predicted octanol–water partition coefficient (Wildman–Crippen LogP) is 2.35. The topological polar surface area (TPSA) is 15.3 Å². The maximum Gasteiger partial charge on any atom is 0.0153 e. The van der Waals surface area contributed by atoms with Crippen LogP contribution in [0, 0.1) is 11.8 Å². The van der Waals surface area contributed by atoms with Gasteiger partial charge in [-0.05, 0) is 52.1 Å². The smallest absolute Gasteiger partial charge is 0.0153 e. The summed E-state index contributed by atoms with van der Waals surface area (Å²) in [5.41, 5.74) is 0.411. The molecule has 1 rings (SSSR count). The van der Waals surface area contributed by atoms with E-state index in [2.05, 4.69) is 45.0 Å². The first-order valence-electron chi connectivity index (χ1n) is 6.35. The molecule has 15 heavy (non-hydrogen) atoms. The van der Waals surface area contributed by atoms with Crippen molar-refractivity contribution in [2.45, 2.75) is 46.1 Å². The summed E-state index contributed by atoms with van der Waals surface area (Å²) in [6.45, 7) is 13.1. The lowest BCUT2D eigenvalue weighted by molar-refractivity contribution is 0.0358. The van der Waals surface area contributed by atoms with Crippen molar-refractivity contribution in [1.82, 2.24) is 10.2 Å². The third-order valence-electron chi connectivity index (χ3n) is 3.58. The molecule has 1 aliphatic heterocycles. The summed E-state index contributed by atoms with van der Waals surface area (Å²) in [6, 6.07) is 0. The Balaban J connectivity index is 2.53. The van der Waals surface area contributed by atoms with E-state index in [0.29, 0.717) is 5.54 Å². The lowest BCUT2D eigenvalue weighted by Gasteiger charge is -2.46. The molecule has 0 spiro atoms. The normalized spacial score (nSPS) is 27.2. The molecule has 0 aromatic heterocycles. The number of hydrogen-bond acceptors (Lipinski definition) is 2. The van der Waals surface area contributed by atoms with E-state index in [1.165, 1.54) is 32.5 Å². The highest BCUT2D eigenvalue weighted by atomic mass is 15.2. The number of hydrogen-bond donors (Lipinski definition) is 1. The van der Waals surface area contributed by atoms with Gasteiger partial charge in [-0.1, -0.05) is 13.8 Å². The summed E-state index contributed by atoms with van der Waals surface area (Å²) in [5.74, 6) is 1.62.